The van der Waals surface area contributed by atoms with E-state index in [0.717, 1.165) is 4.44 Å². The van der Waals surface area contributed by atoms with Crippen LogP contribution in [0, 0.1) is 0 Å². The molecule has 0 aromatic rings. The second-order valence-corrected chi connectivity index (χ2v) is 2.52. The average molecular weight is 232 g/mol. The van der Waals surface area contributed by atoms with Crippen LogP contribution in [0.5, 0.6) is 0 Å². The zero-order chi connectivity index (χ0) is 7.11. The van der Waals surface area contributed by atoms with Gasteiger partial charge < -0.3 is 0 Å². The zero-order valence-electron chi connectivity index (χ0n) is 5.39. The van der Waals surface area contributed by atoms with E-state index in [4.69, 9.17) is 0 Å². The van der Waals surface area contributed by atoms with Crippen molar-refractivity contribution in [3.05, 3.63) is 12.2 Å². The predicted octanol–water partition coefficient (Wildman–Crippen LogP) is 0.693. The van der Waals surface area contributed by atoms with E-state index in [0.29, 0.717) is 6.61 Å². The zero-order valence-corrected chi connectivity index (χ0v) is 8.24. The third-order valence-electron chi connectivity index (χ3n) is 0.658. The third-order valence-corrected chi connectivity index (χ3v) is 1.33. The summed E-state index contributed by atoms with van der Waals surface area (Å²) in [7, 11) is 0. The Kier molecular flexibility index (Phi) is 6.14. The molecule has 0 heterocycles. The number of carbonyl (C=O) groups is 1. The van der Waals surface area contributed by atoms with Crippen LogP contribution in [0.1, 0.15) is 6.92 Å². The number of rotatable bonds is 3. The Morgan fingerprint density at radius 2 is 2.44 bits per heavy atom. The van der Waals surface area contributed by atoms with E-state index in [1.54, 1.807) is 6.92 Å². The molecule has 0 unspecified atom stereocenters. The molecule has 0 saturated heterocycles. The Bertz CT molecular complexity index is 110. The Balaban J connectivity index is 3.37. The van der Waals surface area contributed by atoms with E-state index in [-0.39, 0.29) is 5.97 Å². The summed E-state index contributed by atoms with van der Waals surface area (Å²) < 4.78 is 5.59. The second-order valence-electron chi connectivity index (χ2n) is 1.36. The van der Waals surface area contributed by atoms with Gasteiger partial charge in [-0.05, 0) is 0 Å². The molecule has 0 aliphatic carbocycles. The molecule has 0 aliphatic heterocycles. The van der Waals surface area contributed by atoms with Gasteiger partial charge in [0.05, 0.1) is 0 Å². The molecule has 0 aromatic heterocycles. The Morgan fingerprint density at radius 3 is 2.89 bits per heavy atom. The van der Waals surface area contributed by atoms with Crippen LogP contribution in [-0.4, -0.2) is 35.1 Å². The van der Waals surface area contributed by atoms with Crippen LogP contribution in [0.2, 0.25) is 4.44 Å². The van der Waals surface area contributed by atoms with Crippen molar-refractivity contribution in [1.29, 1.82) is 0 Å². The molecular weight excluding hydrogens is 223 g/mol. The average Bonchev–Trinajstić information content (AvgIpc) is 1.85. The fourth-order valence-corrected chi connectivity index (χ4v) is 0.682. The predicted molar refractivity (Wildman–Crippen MR) is 36.3 cm³/mol. The molecule has 0 fully saturated rings. The van der Waals surface area contributed by atoms with Crippen molar-refractivity contribution in [2.75, 3.05) is 6.61 Å². The summed E-state index contributed by atoms with van der Waals surface area (Å²) in [6, 6.07) is 0. The van der Waals surface area contributed by atoms with E-state index in [1.165, 1.54) is 28.6 Å². The van der Waals surface area contributed by atoms with Crippen molar-refractivity contribution in [2.45, 2.75) is 11.4 Å². The Hall–Kier alpha value is 0.00870. The quantitative estimate of drug-likeness (QED) is 0.406. The Labute approximate surface area is 68.4 Å². The summed E-state index contributed by atoms with van der Waals surface area (Å²) in [5.74, 6) is -0.236. The second kappa shape index (κ2) is 6.13. The number of ether oxygens (including phenoxy) is 1. The summed E-state index contributed by atoms with van der Waals surface area (Å²) in [4.78, 5) is 10.5. The van der Waals surface area contributed by atoms with Gasteiger partial charge in [-0.2, -0.15) is 0 Å². The molecule has 0 saturated carbocycles. The maximum atomic E-state index is 10.5. The van der Waals surface area contributed by atoms with E-state index in [9.17, 15) is 4.79 Å². The molecule has 3 heteroatoms. The topological polar surface area (TPSA) is 26.3 Å². The number of esters is 1. The van der Waals surface area contributed by atoms with Crippen LogP contribution in [0.4, 0.5) is 0 Å². The number of hydrogen-bond acceptors (Lipinski definition) is 2. The van der Waals surface area contributed by atoms with Gasteiger partial charge in [0.25, 0.3) is 0 Å². The molecule has 0 bridgehead atoms. The molecule has 2 nitrogen and oxygen atoms in total. The number of carbonyl (C=O) groups excluding carboxylic acids is 1. The van der Waals surface area contributed by atoms with E-state index >= 15 is 0 Å². The summed E-state index contributed by atoms with van der Waals surface area (Å²) in [5, 5.41) is 0. The molecule has 0 amide bonds. The van der Waals surface area contributed by atoms with Gasteiger partial charge in [0.1, 0.15) is 0 Å². The van der Waals surface area contributed by atoms with Crippen LogP contribution in [-0.2, 0) is 9.53 Å². The van der Waals surface area contributed by atoms with Crippen molar-refractivity contribution < 1.29 is 9.53 Å². The van der Waals surface area contributed by atoms with E-state index in [2.05, 4.69) is 4.74 Å². The molecule has 0 N–H and O–H groups in total. The molecule has 0 spiro atoms. The van der Waals surface area contributed by atoms with Gasteiger partial charge in [0, 0.05) is 0 Å². The minimum atomic E-state index is -0.236. The summed E-state index contributed by atoms with van der Waals surface area (Å²) in [6.45, 7) is 2.25. The molecule has 0 atom stereocenters. The van der Waals surface area contributed by atoms with Gasteiger partial charge in [0.2, 0.25) is 0 Å². The van der Waals surface area contributed by atoms with Crippen molar-refractivity contribution in [3.63, 3.8) is 0 Å². The first kappa shape index (κ1) is 9.01. The number of hydrogen-bond donors (Lipinski definition) is 0. The summed E-state index contributed by atoms with van der Waals surface area (Å²) in [6.07, 6.45) is 3.29. The van der Waals surface area contributed by atoms with Crippen LogP contribution in [0.25, 0.3) is 0 Å². The van der Waals surface area contributed by atoms with Gasteiger partial charge in [-0.25, -0.2) is 0 Å². The summed E-state index contributed by atoms with van der Waals surface area (Å²) in [5.41, 5.74) is 0. The van der Waals surface area contributed by atoms with Crippen LogP contribution < -0.4 is 0 Å². The maximum absolute atomic E-state index is 10.5. The van der Waals surface area contributed by atoms with Crippen LogP contribution in [0.15, 0.2) is 12.2 Å². The van der Waals surface area contributed by atoms with Crippen molar-refractivity contribution in [2.24, 2.45) is 0 Å². The van der Waals surface area contributed by atoms with Crippen LogP contribution in [0.3, 0.4) is 0 Å². The van der Waals surface area contributed by atoms with E-state index in [1.807, 2.05) is 6.08 Å². The first-order valence-corrected chi connectivity index (χ1v) is 4.81. The standard InChI is InChI=1S/C6H9O2.Sn/c1-3-5-6(7)8-4-2;/h3,5H,1,4H2,2H3;. The van der Waals surface area contributed by atoms with Crippen molar-refractivity contribution >= 4 is 28.5 Å². The van der Waals surface area contributed by atoms with E-state index < -0.39 is 0 Å². The SMILES string of the molecule is CCOC(=O)C=C[CH2][Sn]. The molecule has 0 rings (SSSR count). The van der Waals surface area contributed by atoms with Crippen LogP contribution >= 0.6 is 0 Å². The normalized spacial score (nSPS) is 10.0. The van der Waals surface area contributed by atoms with Gasteiger partial charge in [0.15, 0.2) is 0 Å². The first-order valence-electron chi connectivity index (χ1n) is 2.79. The van der Waals surface area contributed by atoms with Gasteiger partial charge >= 0.3 is 68.1 Å². The van der Waals surface area contributed by atoms with Gasteiger partial charge in [-0.15, -0.1) is 0 Å². The molecule has 0 aliphatic rings. The molecular formula is C6H9O2Sn. The molecule has 0 aromatic carbocycles. The molecule has 49 valence electrons. The van der Waals surface area contributed by atoms with Crippen molar-refractivity contribution in [1.82, 2.24) is 0 Å². The fraction of sp³-hybridized carbons (Fsp3) is 0.500. The summed E-state index contributed by atoms with van der Waals surface area (Å²) >= 11 is 1.41. The Morgan fingerprint density at radius 1 is 1.78 bits per heavy atom. The molecule has 9 heavy (non-hydrogen) atoms. The van der Waals surface area contributed by atoms with Crippen molar-refractivity contribution in [3.8, 4) is 0 Å². The van der Waals surface area contributed by atoms with Gasteiger partial charge in [-0.3, -0.25) is 0 Å². The third kappa shape index (κ3) is 5.89. The fourth-order valence-electron chi connectivity index (χ4n) is 0.346. The number of allylic oxidation sites excluding steroid dienone is 1. The monoisotopic (exact) mass is 233 g/mol. The first-order chi connectivity index (χ1) is 4.31. The van der Waals surface area contributed by atoms with Gasteiger partial charge in [-0.1, -0.05) is 0 Å². The molecule has 3 radical (unpaired) electrons. The minimum absolute atomic E-state index is 0.236.